The van der Waals surface area contributed by atoms with Crippen molar-refractivity contribution >= 4 is 100 Å². The molecule has 0 saturated carbocycles. The molecule has 0 aliphatic heterocycles. The molecule has 0 N–H and O–H groups in total. The first-order valence-electron chi connectivity index (χ1n) is 21.9. The van der Waals surface area contributed by atoms with Crippen LogP contribution in [0.4, 0.5) is 0 Å². The number of thiophene rings is 1. The smallest absolute Gasteiger partial charge is 0.161 e. The molecule has 6 heteroatoms. The zero-order valence-corrected chi connectivity index (χ0v) is 36.2. The molecule has 65 heavy (non-hydrogen) atoms. The monoisotopic (exact) mass is 852 g/mol. The molecule has 1 aliphatic rings. The first kappa shape index (κ1) is 38.5. The Balaban J connectivity index is 1.02. The van der Waals surface area contributed by atoms with Gasteiger partial charge < -0.3 is 8.98 Å². The van der Waals surface area contributed by atoms with E-state index >= 15 is 0 Å². The van der Waals surface area contributed by atoms with Crippen LogP contribution in [0.1, 0.15) is 28.7 Å². The molecule has 5 nitrogen and oxygen atoms in total. The second kappa shape index (κ2) is 16.2. The van der Waals surface area contributed by atoms with E-state index in [0.717, 1.165) is 88.0 Å². The Morgan fingerprint density at radius 1 is 0.615 bits per heavy atom. The van der Waals surface area contributed by atoms with Gasteiger partial charge in [0, 0.05) is 53.0 Å². The lowest BCUT2D eigenvalue weighted by atomic mass is 9.95. The number of aliphatic imine (C=N–C) groups is 3. The van der Waals surface area contributed by atoms with Gasteiger partial charge in [0.15, 0.2) is 11.7 Å². The van der Waals surface area contributed by atoms with Gasteiger partial charge in [-0.15, -0.1) is 11.3 Å². The highest BCUT2D eigenvalue weighted by atomic mass is 32.1. The second-order valence-electron chi connectivity index (χ2n) is 16.3. The van der Waals surface area contributed by atoms with Crippen molar-refractivity contribution in [1.82, 2.24) is 4.57 Å². The van der Waals surface area contributed by atoms with E-state index in [9.17, 15) is 0 Å². The van der Waals surface area contributed by atoms with Crippen molar-refractivity contribution < 1.29 is 4.42 Å². The van der Waals surface area contributed by atoms with Crippen LogP contribution in [0.2, 0.25) is 0 Å². The molecule has 0 unspecified atom stereocenters. The van der Waals surface area contributed by atoms with Gasteiger partial charge in [-0.3, -0.25) is 4.99 Å². The quantitative estimate of drug-likeness (QED) is 0.116. The van der Waals surface area contributed by atoms with E-state index in [1.807, 2.05) is 54.6 Å². The van der Waals surface area contributed by atoms with Crippen LogP contribution >= 0.6 is 11.3 Å². The molecule has 0 atom stereocenters. The fraction of sp³-hybridized carbons (Fsp3) is 0.0339. The van der Waals surface area contributed by atoms with Crippen LogP contribution in [0.3, 0.4) is 0 Å². The van der Waals surface area contributed by atoms with Crippen molar-refractivity contribution in [2.75, 3.05) is 0 Å². The van der Waals surface area contributed by atoms with Gasteiger partial charge in [-0.05, 0) is 95.6 Å². The van der Waals surface area contributed by atoms with E-state index in [-0.39, 0.29) is 0 Å². The average molecular weight is 853 g/mol. The third-order valence-electron chi connectivity index (χ3n) is 12.5. The van der Waals surface area contributed by atoms with E-state index in [1.54, 1.807) is 11.3 Å². The summed E-state index contributed by atoms with van der Waals surface area (Å²) in [4.78, 5) is 14.9. The maximum atomic E-state index is 6.67. The van der Waals surface area contributed by atoms with E-state index in [2.05, 4.69) is 168 Å². The second-order valence-corrected chi connectivity index (χ2v) is 17.4. The van der Waals surface area contributed by atoms with Crippen molar-refractivity contribution in [2.45, 2.75) is 13.0 Å². The van der Waals surface area contributed by atoms with Gasteiger partial charge in [-0.25, -0.2) is 9.98 Å². The minimum Gasteiger partial charge on any atom is -0.455 e. The Morgan fingerprint density at radius 2 is 1.35 bits per heavy atom. The predicted molar refractivity (Wildman–Crippen MR) is 275 cm³/mol. The molecule has 8 aromatic carbocycles. The third-order valence-corrected chi connectivity index (χ3v) is 13.7. The van der Waals surface area contributed by atoms with Crippen LogP contribution in [0.15, 0.2) is 214 Å². The van der Waals surface area contributed by atoms with Crippen molar-refractivity contribution in [3.63, 3.8) is 0 Å². The lowest BCUT2D eigenvalue weighted by Crippen LogP contribution is -2.27. The molecule has 0 radical (unpaired) electrons. The molecule has 12 rings (SSSR count). The molecule has 11 aromatic rings. The molecule has 3 aromatic heterocycles. The summed E-state index contributed by atoms with van der Waals surface area (Å²) in [5.74, 6) is 1.15. The van der Waals surface area contributed by atoms with Crippen LogP contribution in [0.25, 0.3) is 87.6 Å². The summed E-state index contributed by atoms with van der Waals surface area (Å²) in [7, 11) is 0. The van der Waals surface area contributed by atoms with Crippen LogP contribution in [-0.4, -0.2) is 23.0 Å². The highest BCUT2D eigenvalue weighted by molar-refractivity contribution is 7.26. The summed E-state index contributed by atoms with van der Waals surface area (Å²) in [6, 6.07) is 65.9. The maximum absolute atomic E-state index is 6.67. The molecule has 3 heterocycles. The summed E-state index contributed by atoms with van der Waals surface area (Å²) in [6.45, 7) is 4.41. The van der Waals surface area contributed by atoms with E-state index < -0.39 is 0 Å². The lowest BCUT2D eigenvalue weighted by molar-refractivity contribution is 0.672. The zero-order chi connectivity index (χ0) is 43.3. The van der Waals surface area contributed by atoms with Crippen molar-refractivity contribution in [1.29, 1.82) is 0 Å². The molecule has 1 aliphatic carbocycles. The number of fused-ring (bicyclic) bond motifs is 10. The Labute approximate surface area is 379 Å². The van der Waals surface area contributed by atoms with E-state index in [1.165, 1.54) is 26.6 Å². The number of furan rings is 1. The molecule has 0 spiro atoms. The fourth-order valence-electron chi connectivity index (χ4n) is 9.37. The Kier molecular flexibility index (Phi) is 9.58. The minimum absolute atomic E-state index is 0.470. The number of rotatable bonds is 7. The van der Waals surface area contributed by atoms with Crippen molar-refractivity contribution in [2.24, 2.45) is 15.0 Å². The van der Waals surface area contributed by atoms with Gasteiger partial charge in [0.05, 0.1) is 22.8 Å². The summed E-state index contributed by atoms with van der Waals surface area (Å²) in [6.07, 6.45) is 7.73. The summed E-state index contributed by atoms with van der Waals surface area (Å²) < 4.78 is 11.4. The third kappa shape index (κ3) is 6.83. The van der Waals surface area contributed by atoms with E-state index in [0.29, 0.717) is 18.2 Å². The van der Waals surface area contributed by atoms with Gasteiger partial charge in [-0.1, -0.05) is 152 Å². The molecular weight excluding hydrogens is 813 g/mol. The van der Waals surface area contributed by atoms with Gasteiger partial charge in [0.2, 0.25) is 0 Å². The Morgan fingerprint density at radius 3 is 2.18 bits per heavy atom. The van der Waals surface area contributed by atoms with E-state index in [4.69, 9.17) is 14.4 Å². The van der Waals surface area contributed by atoms with Crippen LogP contribution in [-0.2, 0) is 6.54 Å². The normalized spacial score (nSPS) is 13.2. The number of allylic oxidation sites excluding steroid dienone is 2. The van der Waals surface area contributed by atoms with Crippen molar-refractivity contribution in [3.05, 3.63) is 227 Å². The fourth-order valence-corrected chi connectivity index (χ4v) is 10.6. The first-order valence-corrected chi connectivity index (χ1v) is 22.7. The standard InChI is InChI=1S/C59H40N4OS/c1-60-58(40-18-7-3-8-19-40)62-59(61-37-38-16-5-2-6-17-38)50-36-43(35-49-46-25-12-14-27-54(46)65-57(49)50)42-21-15-20-41(34-42)39-28-30-48-51(32-29-39)63(44-22-9-4-10-23-44)52-33-31-47-45-24-11-13-26-53(45)64-56(47)55(48)52/h2-28,30-36H,1,29,37H2. The zero-order valence-electron chi connectivity index (χ0n) is 35.4. The van der Waals surface area contributed by atoms with Gasteiger partial charge in [-0.2, -0.15) is 0 Å². The van der Waals surface area contributed by atoms with Crippen LogP contribution in [0, 0.1) is 0 Å². The predicted octanol–water partition coefficient (Wildman–Crippen LogP) is 13.7. The number of hydrogen-bond donors (Lipinski definition) is 0. The summed E-state index contributed by atoms with van der Waals surface area (Å²) in [5.41, 5.74) is 11.6. The topological polar surface area (TPSA) is 55.1 Å². The largest absolute Gasteiger partial charge is 0.455 e. The SMILES string of the molecule is C=NC(=NC(=NCc1ccccc1)c1cc(-c2cccc(C3=CC=c4c(n(-c5ccccc5)c5ccc6c7ccccc7oc6c45)=CC3)c2)cc2c1sc1ccccc12)c1ccccc1. The molecule has 308 valence electrons. The number of para-hydroxylation sites is 2. The summed E-state index contributed by atoms with van der Waals surface area (Å²) >= 11 is 1.78. The molecule has 0 bridgehead atoms. The number of benzene rings is 8. The molecule has 0 amide bonds. The Hall–Kier alpha value is -8.19. The highest BCUT2D eigenvalue weighted by Gasteiger charge is 2.20. The van der Waals surface area contributed by atoms with Crippen molar-refractivity contribution in [3.8, 4) is 16.8 Å². The van der Waals surface area contributed by atoms with Gasteiger partial charge >= 0.3 is 0 Å². The first-order chi connectivity index (χ1) is 32.2. The molecule has 0 fully saturated rings. The minimum atomic E-state index is 0.470. The molecular formula is C59H40N4OS. The van der Waals surface area contributed by atoms with Crippen LogP contribution < -0.4 is 10.6 Å². The molecule has 0 saturated heterocycles. The van der Waals surface area contributed by atoms with Crippen LogP contribution in [0.5, 0.6) is 0 Å². The lowest BCUT2D eigenvalue weighted by Gasteiger charge is -2.12. The van der Waals surface area contributed by atoms with Gasteiger partial charge in [0.25, 0.3) is 0 Å². The number of hydrogen-bond acceptors (Lipinski definition) is 3. The highest BCUT2D eigenvalue weighted by Crippen LogP contribution is 2.40. The Bertz CT molecular complexity index is 3890. The maximum Gasteiger partial charge on any atom is 0.161 e. The number of aromatic nitrogens is 1. The summed E-state index contributed by atoms with van der Waals surface area (Å²) in [5, 5.41) is 8.08. The number of amidine groups is 2. The average Bonchev–Trinajstić information content (AvgIpc) is 3.99. The van der Waals surface area contributed by atoms with Gasteiger partial charge in [0.1, 0.15) is 11.2 Å². The number of nitrogens with zero attached hydrogens (tertiary/aromatic N) is 4.